The first-order valence-electron chi connectivity index (χ1n) is 17.6. The zero-order chi connectivity index (χ0) is 46.5. The van der Waals surface area contributed by atoms with Crippen molar-refractivity contribution >= 4 is 71.3 Å². The highest BCUT2D eigenvalue weighted by Crippen LogP contribution is 2.14. The number of hydrogen-bond donors (Lipinski definition) is 18. The summed E-state index contributed by atoms with van der Waals surface area (Å²) < 4.78 is 0. The van der Waals surface area contributed by atoms with E-state index in [0.717, 1.165) is 5.56 Å². The SMILES string of the molecule is NC(=O)C(N)NC(=O)C(N=C(N)N)NC(=O)C(N=C(N)N)NC(=O)C(N=C(N)N)NC(=O)C(N=C(N)N)NC(=O)C(NC(=O)C(O)NCC=Cc1ccccc1)c1ccccc1. The summed E-state index contributed by atoms with van der Waals surface area (Å²) in [7, 11) is 0. The molecule has 62 heavy (non-hydrogen) atoms. The maximum atomic E-state index is 13.7. The van der Waals surface area contributed by atoms with E-state index in [4.69, 9.17) is 57.3 Å². The van der Waals surface area contributed by atoms with Gasteiger partial charge in [0.05, 0.1) is 0 Å². The van der Waals surface area contributed by atoms with E-state index in [2.05, 4.69) is 41.2 Å². The third-order valence-corrected chi connectivity index (χ3v) is 7.30. The normalized spacial score (nSPS) is 14.0. The van der Waals surface area contributed by atoms with E-state index in [1.165, 1.54) is 24.3 Å². The number of amides is 7. The van der Waals surface area contributed by atoms with Crippen molar-refractivity contribution < 1.29 is 38.7 Å². The fourth-order valence-corrected chi connectivity index (χ4v) is 4.58. The zero-order valence-corrected chi connectivity index (χ0v) is 32.5. The topological polar surface area (TPSA) is 534 Å². The molecule has 7 amide bonds. The van der Waals surface area contributed by atoms with E-state index in [9.17, 15) is 38.7 Å². The number of primary amides is 1. The lowest BCUT2D eigenvalue weighted by Gasteiger charge is -2.24. The number of aliphatic hydroxyl groups is 1. The third kappa shape index (κ3) is 17.5. The molecule has 0 spiro atoms. The van der Waals surface area contributed by atoms with Crippen molar-refractivity contribution in [3.63, 3.8) is 0 Å². The fourth-order valence-electron chi connectivity index (χ4n) is 4.58. The number of aliphatic imine (C=N–C) groups is 4. The molecule has 0 fully saturated rings. The van der Waals surface area contributed by atoms with Crippen molar-refractivity contribution in [2.24, 2.45) is 77.3 Å². The molecule has 28 N–H and O–H groups in total. The van der Waals surface area contributed by atoms with Crippen molar-refractivity contribution in [3.05, 3.63) is 77.9 Å². The van der Waals surface area contributed by atoms with Gasteiger partial charge >= 0.3 is 0 Å². The molecular weight excluding hydrogens is 819 g/mol. The summed E-state index contributed by atoms with van der Waals surface area (Å²) in [4.78, 5) is 106. The molecule has 29 heteroatoms. The van der Waals surface area contributed by atoms with E-state index in [1.54, 1.807) is 18.2 Å². The van der Waals surface area contributed by atoms with Gasteiger partial charge in [0.1, 0.15) is 6.04 Å². The Morgan fingerprint density at radius 2 is 0.887 bits per heavy atom. The number of carbonyl (C=O) groups excluding carboxylic acids is 7. The van der Waals surface area contributed by atoms with E-state index >= 15 is 0 Å². The summed E-state index contributed by atoms with van der Waals surface area (Å²) in [5.74, 6) is -11.9. The molecular formula is C33H49N21O8. The molecule has 0 saturated carbocycles. The molecule has 0 saturated heterocycles. The fraction of sp³-hybridized carbons (Fsp3) is 0.242. The van der Waals surface area contributed by atoms with Gasteiger partial charge in [0.15, 0.2) is 36.2 Å². The van der Waals surface area contributed by atoms with E-state index < -0.39 is 108 Å². The lowest BCUT2D eigenvalue weighted by Crippen LogP contribution is -2.60. The van der Waals surface area contributed by atoms with Crippen molar-refractivity contribution in [3.8, 4) is 0 Å². The molecule has 2 rings (SSSR count). The predicted octanol–water partition coefficient (Wildman–Crippen LogP) is -9.79. The van der Waals surface area contributed by atoms with Crippen LogP contribution in [0, 0.1) is 0 Å². The highest BCUT2D eigenvalue weighted by atomic mass is 16.3. The highest BCUT2D eigenvalue weighted by Gasteiger charge is 2.34. The zero-order valence-electron chi connectivity index (χ0n) is 32.5. The van der Waals surface area contributed by atoms with Gasteiger partial charge < -0.3 is 94.3 Å². The number of carbonyl (C=O) groups is 7. The molecule has 2 aromatic carbocycles. The van der Waals surface area contributed by atoms with Crippen LogP contribution in [-0.2, 0) is 33.6 Å². The van der Waals surface area contributed by atoms with Crippen LogP contribution in [-0.4, -0.2) is 114 Å². The largest absolute Gasteiger partial charge is 0.370 e. The predicted molar refractivity (Wildman–Crippen MR) is 223 cm³/mol. The van der Waals surface area contributed by atoms with Gasteiger partial charge in [-0.2, -0.15) is 0 Å². The van der Waals surface area contributed by atoms with Gasteiger partial charge in [-0.15, -0.1) is 0 Å². The lowest BCUT2D eigenvalue weighted by atomic mass is 10.1. The standard InChI is InChI=1S/C33H49N21O8/c34-17(18(35)55)46-24(57)19(51-30(36)37)48-26(59)21(53-32(40)41)50-27(60)22(54-33(42)43)49-25(58)20(52-31(38)39)47-23(56)16(15-11-5-2-6-12-15)45-29(62)28(61)44-13-7-10-14-8-3-1-4-9-14/h1-12,16-17,19-22,28,44,61H,13,34H2,(H2,35,55)(H,45,62)(H,46,57)(H,47,56)(H,48,59)(H,49,58)(H,50,60)(H4,36,37,51)(H4,38,39,52)(H4,40,41,53)(H4,42,43,54). The molecule has 7 unspecified atom stereocenters. The first-order chi connectivity index (χ1) is 29.2. The number of hydrogen-bond acceptors (Lipinski definition) is 14. The van der Waals surface area contributed by atoms with Crippen LogP contribution in [0.5, 0.6) is 0 Å². The number of nitrogens with one attached hydrogen (secondary N) is 7. The summed E-state index contributed by atoms with van der Waals surface area (Å²) in [6, 6.07) is 15.2. The summed E-state index contributed by atoms with van der Waals surface area (Å²) in [6.07, 6.45) is -8.59. The minimum Gasteiger partial charge on any atom is -0.370 e. The quantitative estimate of drug-likeness (QED) is 0.0297. The molecule has 7 atom stereocenters. The first kappa shape index (κ1) is 49.6. The number of aliphatic hydroxyl groups excluding tert-OH is 1. The molecule has 0 aliphatic carbocycles. The van der Waals surface area contributed by atoms with Gasteiger partial charge in [-0.05, 0) is 11.1 Å². The second-order valence-corrected chi connectivity index (χ2v) is 12.2. The lowest BCUT2D eigenvalue weighted by molar-refractivity contribution is -0.136. The van der Waals surface area contributed by atoms with Gasteiger partial charge in [-0.25, -0.2) is 20.0 Å². The van der Waals surface area contributed by atoms with Crippen molar-refractivity contribution in [2.45, 2.75) is 43.1 Å². The van der Waals surface area contributed by atoms with Crippen LogP contribution in [0.2, 0.25) is 0 Å². The Balaban J connectivity index is 2.34. The van der Waals surface area contributed by atoms with E-state index in [1.807, 2.05) is 46.3 Å². The molecule has 2 aromatic rings. The Labute approximate surface area is 351 Å². The number of rotatable bonds is 22. The molecule has 0 aliphatic rings. The summed E-state index contributed by atoms with van der Waals surface area (Å²) in [5.41, 5.74) is 55.0. The van der Waals surface area contributed by atoms with Crippen LogP contribution in [0.4, 0.5) is 0 Å². The van der Waals surface area contributed by atoms with Gasteiger partial charge in [-0.1, -0.05) is 72.8 Å². The van der Waals surface area contributed by atoms with Gasteiger partial charge in [0, 0.05) is 6.54 Å². The molecule has 0 bridgehead atoms. The molecule has 29 nitrogen and oxygen atoms in total. The third-order valence-electron chi connectivity index (χ3n) is 7.30. The average molecular weight is 868 g/mol. The molecule has 334 valence electrons. The van der Waals surface area contributed by atoms with Crippen LogP contribution in [0.1, 0.15) is 17.2 Å². The Morgan fingerprint density at radius 3 is 1.27 bits per heavy atom. The second kappa shape index (κ2) is 24.4. The second-order valence-electron chi connectivity index (χ2n) is 12.2. The molecule has 0 radical (unpaired) electrons. The summed E-state index contributed by atoms with van der Waals surface area (Å²) in [5, 5.41) is 25.7. The van der Waals surface area contributed by atoms with Crippen molar-refractivity contribution in [2.75, 3.05) is 6.54 Å². The van der Waals surface area contributed by atoms with E-state index in [-0.39, 0.29) is 12.1 Å². The monoisotopic (exact) mass is 867 g/mol. The molecule has 0 aromatic heterocycles. The van der Waals surface area contributed by atoms with Crippen molar-refractivity contribution in [1.82, 2.24) is 37.2 Å². The maximum Gasteiger partial charge on any atom is 0.267 e. The first-order valence-corrected chi connectivity index (χ1v) is 17.6. The number of nitrogens with zero attached hydrogens (tertiary/aromatic N) is 4. The minimum atomic E-state index is -2.17. The highest BCUT2D eigenvalue weighted by molar-refractivity contribution is 5.99. The number of nitrogens with two attached hydrogens (primary N) is 10. The van der Waals surface area contributed by atoms with Gasteiger partial charge in [0.2, 0.25) is 30.6 Å². The Kier molecular flexibility index (Phi) is 19.5. The van der Waals surface area contributed by atoms with Crippen LogP contribution >= 0.6 is 0 Å². The number of guanidine groups is 4. The minimum absolute atomic E-state index is 0.0452. The van der Waals surface area contributed by atoms with Gasteiger partial charge in [-0.3, -0.25) is 38.9 Å². The van der Waals surface area contributed by atoms with Gasteiger partial charge in [0.25, 0.3) is 35.4 Å². The molecule has 0 heterocycles. The number of benzene rings is 2. The van der Waals surface area contributed by atoms with Crippen LogP contribution in [0.3, 0.4) is 0 Å². The van der Waals surface area contributed by atoms with Crippen LogP contribution in [0.15, 0.2) is 86.7 Å². The average Bonchev–Trinajstić information content (AvgIpc) is 3.20. The maximum absolute atomic E-state index is 13.7. The van der Waals surface area contributed by atoms with Crippen LogP contribution in [0.25, 0.3) is 6.08 Å². The Bertz CT molecular complexity index is 2050. The summed E-state index contributed by atoms with van der Waals surface area (Å²) >= 11 is 0. The Hall–Kier alpha value is -8.57. The van der Waals surface area contributed by atoms with Crippen LogP contribution < -0.4 is 94.6 Å². The smallest absolute Gasteiger partial charge is 0.267 e. The van der Waals surface area contributed by atoms with E-state index in [0.29, 0.717) is 0 Å². The Morgan fingerprint density at radius 1 is 0.516 bits per heavy atom. The molecule has 0 aliphatic heterocycles. The summed E-state index contributed by atoms with van der Waals surface area (Å²) in [6.45, 7) is 0.0452. The van der Waals surface area contributed by atoms with Crippen molar-refractivity contribution in [1.29, 1.82) is 0 Å².